The third-order valence-corrected chi connectivity index (χ3v) is 13.5. The monoisotopic (exact) mass is 813 g/mol. The van der Waals surface area contributed by atoms with Gasteiger partial charge in [-0.3, -0.25) is 19.0 Å². The molecule has 2 amide bonds. The van der Waals surface area contributed by atoms with Gasteiger partial charge in [0.2, 0.25) is 5.88 Å². The van der Waals surface area contributed by atoms with Crippen molar-refractivity contribution in [2.45, 2.75) is 72.8 Å². The molecule has 0 spiro atoms. The highest BCUT2D eigenvalue weighted by molar-refractivity contribution is 7.92. The summed E-state index contributed by atoms with van der Waals surface area (Å²) in [6.07, 6.45) is 11.2. The summed E-state index contributed by atoms with van der Waals surface area (Å²) in [4.78, 5) is 30.5. The van der Waals surface area contributed by atoms with Crippen LogP contribution >= 0.6 is 11.6 Å². The lowest BCUT2D eigenvalue weighted by Crippen LogP contribution is -2.36. The largest absolute Gasteiger partial charge is 0.491 e. The summed E-state index contributed by atoms with van der Waals surface area (Å²) in [6, 6.07) is 19.9. The first-order chi connectivity index (χ1) is 27.3. The van der Waals surface area contributed by atoms with Crippen molar-refractivity contribution in [3.8, 4) is 11.6 Å². The number of allylic oxidation sites excluding steroid dienone is 2. The number of nitrogens with zero attached hydrogens (tertiary/aromatic N) is 4. The van der Waals surface area contributed by atoms with Gasteiger partial charge >= 0.3 is 0 Å². The Morgan fingerprint density at radius 1 is 1.02 bits per heavy atom. The number of nitrogens with one attached hydrogen (secondary N) is 1. The zero-order valence-electron chi connectivity index (χ0n) is 34.0. The Labute approximate surface area is 343 Å². The third kappa shape index (κ3) is 10.9. The molecule has 0 fully saturated rings. The van der Waals surface area contributed by atoms with Gasteiger partial charge in [-0.2, -0.15) is 0 Å². The smallest absolute Gasteiger partial charge is 0.286 e. The van der Waals surface area contributed by atoms with Crippen LogP contribution in [0.4, 0.5) is 5.69 Å². The summed E-state index contributed by atoms with van der Waals surface area (Å²) in [7, 11) is -0.600. The molecule has 12 heteroatoms. The topological polar surface area (TPSA) is 115 Å². The van der Waals surface area contributed by atoms with Crippen LogP contribution in [0, 0.1) is 30.6 Å². The van der Waals surface area contributed by atoms with E-state index in [1.807, 2.05) is 19.1 Å². The highest BCUT2D eigenvalue weighted by Crippen LogP contribution is 2.35. The van der Waals surface area contributed by atoms with Crippen LogP contribution < -0.4 is 19.1 Å². The number of fused-ring (bicyclic) bond motifs is 2. The van der Waals surface area contributed by atoms with Gasteiger partial charge in [0.05, 0.1) is 25.2 Å². The summed E-state index contributed by atoms with van der Waals surface area (Å²) in [5, 5.41) is 4.91. The van der Waals surface area contributed by atoms with Crippen molar-refractivity contribution in [3.63, 3.8) is 0 Å². The van der Waals surface area contributed by atoms with Gasteiger partial charge < -0.3 is 14.4 Å². The van der Waals surface area contributed by atoms with Crippen molar-refractivity contribution in [2.75, 3.05) is 30.9 Å². The maximum atomic E-state index is 15.1. The molecule has 10 nitrogen and oxygen atoms in total. The Bertz CT molecular complexity index is 2210. The van der Waals surface area contributed by atoms with E-state index in [9.17, 15) is 9.59 Å². The van der Waals surface area contributed by atoms with Crippen LogP contribution in [0.3, 0.4) is 0 Å². The molecule has 3 aromatic carbocycles. The fourth-order valence-corrected chi connectivity index (χ4v) is 9.81. The van der Waals surface area contributed by atoms with E-state index in [4.69, 9.17) is 21.1 Å². The molecule has 6 rings (SSSR count). The molecule has 2 aliphatic rings. The molecule has 2 bridgehead atoms. The van der Waals surface area contributed by atoms with Crippen molar-refractivity contribution in [3.05, 3.63) is 117 Å². The van der Waals surface area contributed by atoms with Gasteiger partial charge in [-0.05, 0) is 116 Å². The van der Waals surface area contributed by atoms with E-state index in [1.165, 1.54) is 40.2 Å². The van der Waals surface area contributed by atoms with Crippen molar-refractivity contribution in [2.24, 2.45) is 35.1 Å². The van der Waals surface area contributed by atoms with Crippen LogP contribution in [-0.2, 0) is 36.3 Å². The maximum absolute atomic E-state index is 15.1. The fourth-order valence-electron chi connectivity index (χ4n) is 7.68. The quantitative estimate of drug-likeness (QED) is 0.193. The minimum absolute atomic E-state index is 0.00462. The van der Waals surface area contributed by atoms with Crippen LogP contribution in [-0.4, -0.2) is 51.8 Å². The number of hydrogen-bond acceptors (Lipinski definition) is 7. The lowest BCUT2D eigenvalue weighted by Gasteiger charge is -2.32. The number of methoxy groups -OCH3 is 1. The average molecular weight is 814 g/mol. The Kier molecular flexibility index (Phi) is 13.8. The van der Waals surface area contributed by atoms with Crippen LogP contribution in [0.5, 0.6) is 11.6 Å². The number of carbonyl (C=O) groups excluding carboxylic acids is 2. The van der Waals surface area contributed by atoms with E-state index in [1.54, 1.807) is 19.2 Å². The molecule has 5 atom stereocenters. The summed E-state index contributed by atoms with van der Waals surface area (Å²) in [5.41, 5.74) is 5.91. The van der Waals surface area contributed by atoms with Gasteiger partial charge in [-0.25, -0.2) is 4.21 Å². The molecule has 2 aliphatic heterocycles. The van der Waals surface area contributed by atoms with Crippen molar-refractivity contribution >= 4 is 39.0 Å². The van der Waals surface area contributed by atoms with E-state index in [0.29, 0.717) is 36.4 Å². The summed E-state index contributed by atoms with van der Waals surface area (Å²) in [6.45, 7) is 10.5. The zero-order valence-corrected chi connectivity index (χ0v) is 35.6. The SMILES string of the molecule is COc1nn(C)cc1C(=O)NS1(=O)=NC(=O)c2ccc3c(c2)N(Cc2ccc(Cl)cc2CCCCO3)C[C@H](C)[C@@H](C)C/C=C/C(CCc2ccc(C)cc2)[C@H](C)C1. The second-order valence-corrected chi connectivity index (χ2v) is 18.4. The minimum Gasteiger partial charge on any atom is -0.491 e. The Hall–Kier alpha value is -4.61. The summed E-state index contributed by atoms with van der Waals surface area (Å²) >= 11 is 6.50. The molecule has 1 aromatic heterocycles. The lowest BCUT2D eigenvalue weighted by molar-refractivity contribution is 0.0979. The molecule has 0 saturated carbocycles. The van der Waals surface area contributed by atoms with E-state index in [-0.39, 0.29) is 40.5 Å². The van der Waals surface area contributed by atoms with E-state index >= 15 is 4.21 Å². The number of rotatable bonds is 6. The number of anilines is 1. The Morgan fingerprint density at radius 3 is 2.58 bits per heavy atom. The van der Waals surface area contributed by atoms with Gasteiger partial charge in [0.1, 0.15) is 21.2 Å². The second kappa shape index (κ2) is 18.8. The third-order valence-electron chi connectivity index (χ3n) is 11.4. The molecule has 3 heterocycles. The molecule has 57 heavy (non-hydrogen) atoms. The molecule has 0 radical (unpaired) electrons. The van der Waals surface area contributed by atoms with Gasteiger partial charge in [-0.15, -0.1) is 9.46 Å². The maximum Gasteiger partial charge on any atom is 0.286 e. The summed E-state index contributed by atoms with van der Waals surface area (Å²) in [5.74, 6) is -0.260. The number of benzene rings is 3. The number of carbonyl (C=O) groups is 2. The van der Waals surface area contributed by atoms with Crippen LogP contribution in [0.25, 0.3) is 0 Å². The predicted molar refractivity (Wildman–Crippen MR) is 229 cm³/mol. The Morgan fingerprint density at radius 2 is 1.81 bits per heavy atom. The lowest BCUT2D eigenvalue weighted by atomic mass is 9.87. The molecule has 2 unspecified atom stereocenters. The normalized spacial score (nSPS) is 23.9. The van der Waals surface area contributed by atoms with Crippen molar-refractivity contribution in [1.29, 1.82) is 0 Å². The van der Waals surface area contributed by atoms with Crippen LogP contribution in [0.1, 0.15) is 89.4 Å². The molecular formula is C45H56ClN5O5S. The number of ether oxygens (including phenoxy) is 2. The first-order valence-corrected chi connectivity index (χ1v) is 22.1. The van der Waals surface area contributed by atoms with Gasteiger partial charge in [0.25, 0.3) is 11.8 Å². The number of amides is 2. The second-order valence-electron chi connectivity index (χ2n) is 15.9. The highest BCUT2D eigenvalue weighted by Gasteiger charge is 2.29. The van der Waals surface area contributed by atoms with Crippen LogP contribution in [0.15, 0.2) is 83.4 Å². The molecule has 304 valence electrons. The molecule has 0 aliphatic carbocycles. The number of aromatic nitrogens is 2. The molecule has 0 saturated heterocycles. The first-order valence-electron chi connectivity index (χ1n) is 20.0. The van der Waals surface area contributed by atoms with Gasteiger partial charge in [-0.1, -0.05) is 80.4 Å². The number of hydrogen-bond donors (Lipinski definition) is 1. The van der Waals surface area contributed by atoms with Crippen molar-refractivity contribution in [1.82, 2.24) is 14.5 Å². The molecular weight excluding hydrogens is 758 g/mol. The molecule has 4 aromatic rings. The molecule has 1 N–H and O–H groups in total. The van der Waals surface area contributed by atoms with Gasteiger partial charge in [0, 0.05) is 36.9 Å². The fraction of sp³-hybridized carbons (Fsp3) is 0.444. The zero-order chi connectivity index (χ0) is 40.7. The van der Waals surface area contributed by atoms with E-state index in [0.717, 1.165) is 44.2 Å². The van der Waals surface area contributed by atoms with Gasteiger partial charge in [0.15, 0.2) is 0 Å². The first kappa shape index (κ1) is 42.0. The van der Waals surface area contributed by atoms with Crippen LogP contribution in [0.2, 0.25) is 5.02 Å². The Balaban J connectivity index is 1.45. The average Bonchev–Trinajstić information content (AvgIpc) is 3.56. The minimum atomic E-state index is -3.68. The standard InChI is InChI=1S/C45H56ClN5O5S/c1-30-13-15-34(16-14-30)17-18-35-12-9-10-31(2)32(3)26-51-27-38-19-21-39(46)24-36(38)11-7-8-23-56-42-22-20-37(25-41(42)51)43(52)48-57(54,29-33(35)4)49-44(53)40-28-50(5)47-45(40)55-6/h9,12-16,19-22,24-25,28,31-33,35H,7-8,10-11,17-18,23,26-27,29H2,1-6H3,(H,48,49,52,53,54)/b12-9+/t31-,32-,33+,35?,57?/m0/s1. The highest BCUT2D eigenvalue weighted by atomic mass is 35.5. The van der Waals surface area contributed by atoms with E-state index < -0.39 is 21.7 Å². The number of aryl methyl sites for hydroxylation is 4. The van der Waals surface area contributed by atoms with Crippen molar-refractivity contribution < 1.29 is 23.3 Å². The number of halogens is 1. The predicted octanol–water partition coefficient (Wildman–Crippen LogP) is 9.18. The summed E-state index contributed by atoms with van der Waals surface area (Å²) < 4.78 is 35.4. The van der Waals surface area contributed by atoms with E-state index in [2.05, 4.69) is 88.4 Å².